The Morgan fingerprint density at radius 2 is 2.18 bits per heavy atom. The number of nitrogens with zero attached hydrogens (tertiary/aromatic N) is 4. The Kier molecular flexibility index (Phi) is 4.15. The van der Waals surface area contributed by atoms with E-state index in [-0.39, 0.29) is 17.8 Å². The summed E-state index contributed by atoms with van der Waals surface area (Å²) in [6.07, 6.45) is 5.49. The molecule has 0 fully saturated rings. The van der Waals surface area contributed by atoms with E-state index < -0.39 is 0 Å². The first-order valence-corrected chi connectivity index (χ1v) is 7.32. The molecule has 0 radical (unpaired) electrons. The Labute approximate surface area is 128 Å². The lowest BCUT2D eigenvalue weighted by atomic mass is 9.92. The summed E-state index contributed by atoms with van der Waals surface area (Å²) in [4.78, 5) is 22.1. The number of aryl methyl sites for hydroxylation is 1. The highest BCUT2D eigenvalue weighted by Gasteiger charge is 2.27. The van der Waals surface area contributed by atoms with E-state index in [0.29, 0.717) is 0 Å². The van der Waals surface area contributed by atoms with Gasteiger partial charge in [-0.25, -0.2) is 9.97 Å². The molecule has 0 saturated heterocycles. The monoisotopic (exact) mass is 301 g/mol. The van der Waals surface area contributed by atoms with Crippen LogP contribution in [0.5, 0.6) is 0 Å². The molecule has 7 heteroatoms. The SMILES string of the molecule is CN(C)Cc1noc2c1CC(NC(=O)c1ncccn1)CC2. The van der Waals surface area contributed by atoms with E-state index in [1.165, 1.54) is 0 Å². The highest BCUT2D eigenvalue weighted by atomic mass is 16.5. The van der Waals surface area contributed by atoms with Crippen molar-refractivity contribution in [3.63, 3.8) is 0 Å². The summed E-state index contributed by atoms with van der Waals surface area (Å²) in [7, 11) is 3.99. The number of carbonyl (C=O) groups is 1. The summed E-state index contributed by atoms with van der Waals surface area (Å²) >= 11 is 0. The molecule has 0 spiro atoms. The molecular weight excluding hydrogens is 282 g/mol. The van der Waals surface area contributed by atoms with Gasteiger partial charge in [-0.05, 0) is 33.0 Å². The smallest absolute Gasteiger partial charge is 0.289 e. The van der Waals surface area contributed by atoms with Gasteiger partial charge in [-0.1, -0.05) is 5.16 Å². The second kappa shape index (κ2) is 6.23. The molecule has 22 heavy (non-hydrogen) atoms. The zero-order valence-corrected chi connectivity index (χ0v) is 12.7. The summed E-state index contributed by atoms with van der Waals surface area (Å²) in [5.74, 6) is 0.908. The van der Waals surface area contributed by atoms with Gasteiger partial charge in [0.15, 0.2) is 0 Å². The minimum absolute atomic E-state index is 0.0594. The van der Waals surface area contributed by atoms with E-state index in [0.717, 1.165) is 42.8 Å². The number of hydrogen-bond donors (Lipinski definition) is 1. The molecule has 1 aliphatic carbocycles. The van der Waals surface area contributed by atoms with E-state index in [2.05, 4.69) is 25.3 Å². The zero-order chi connectivity index (χ0) is 15.5. The molecule has 2 heterocycles. The number of hydrogen-bond acceptors (Lipinski definition) is 6. The van der Waals surface area contributed by atoms with Crippen LogP contribution in [-0.4, -0.2) is 46.1 Å². The van der Waals surface area contributed by atoms with Gasteiger partial charge in [-0.2, -0.15) is 0 Å². The average Bonchev–Trinajstić information content (AvgIpc) is 2.90. The lowest BCUT2D eigenvalue weighted by Crippen LogP contribution is -2.39. The van der Waals surface area contributed by atoms with Gasteiger partial charge in [0.05, 0.1) is 0 Å². The third-order valence-electron chi connectivity index (χ3n) is 3.69. The quantitative estimate of drug-likeness (QED) is 0.900. The predicted octanol–water partition coefficient (Wildman–Crippen LogP) is 0.813. The van der Waals surface area contributed by atoms with Crippen LogP contribution in [0.2, 0.25) is 0 Å². The summed E-state index contributed by atoms with van der Waals surface area (Å²) in [5.41, 5.74) is 2.08. The zero-order valence-electron chi connectivity index (χ0n) is 12.7. The lowest BCUT2D eigenvalue weighted by Gasteiger charge is -2.22. The van der Waals surface area contributed by atoms with Crippen LogP contribution in [0.3, 0.4) is 0 Å². The molecule has 1 unspecified atom stereocenters. The maximum atomic E-state index is 12.1. The molecule has 1 aliphatic rings. The predicted molar refractivity (Wildman–Crippen MR) is 79.2 cm³/mol. The first-order chi connectivity index (χ1) is 10.6. The third-order valence-corrected chi connectivity index (χ3v) is 3.69. The summed E-state index contributed by atoms with van der Waals surface area (Å²) in [6, 6.07) is 1.75. The highest BCUT2D eigenvalue weighted by molar-refractivity contribution is 5.90. The van der Waals surface area contributed by atoms with E-state index in [4.69, 9.17) is 4.52 Å². The fraction of sp³-hybridized carbons (Fsp3) is 0.467. The fourth-order valence-electron chi connectivity index (χ4n) is 2.68. The molecule has 0 aromatic carbocycles. The topological polar surface area (TPSA) is 84.2 Å². The van der Waals surface area contributed by atoms with E-state index >= 15 is 0 Å². The molecule has 2 aromatic rings. The lowest BCUT2D eigenvalue weighted by molar-refractivity contribution is 0.0922. The van der Waals surface area contributed by atoms with Crippen LogP contribution in [0.25, 0.3) is 0 Å². The summed E-state index contributed by atoms with van der Waals surface area (Å²) < 4.78 is 5.41. The molecule has 116 valence electrons. The van der Waals surface area contributed by atoms with Crippen LogP contribution in [0.4, 0.5) is 0 Å². The molecule has 7 nitrogen and oxygen atoms in total. The van der Waals surface area contributed by atoms with E-state index in [1.54, 1.807) is 18.5 Å². The minimum atomic E-state index is -0.236. The molecule has 2 aromatic heterocycles. The van der Waals surface area contributed by atoms with Gasteiger partial charge < -0.3 is 14.7 Å². The van der Waals surface area contributed by atoms with E-state index in [1.807, 2.05) is 14.1 Å². The Balaban J connectivity index is 1.69. The van der Waals surface area contributed by atoms with Gasteiger partial charge in [0.25, 0.3) is 5.91 Å². The number of nitrogens with one attached hydrogen (secondary N) is 1. The minimum Gasteiger partial charge on any atom is -0.361 e. The standard InChI is InChI=1S/C15H19N5O2/c1-20(2)9-12-11-8-10(4-5-13(11)22-19-12)18-15(21)14-16-6-3-7-17-14/h3,6-7,10H,4-5,8-9H2,1-2H3,(H,18,21). The van der Waals surface area contributed by atoms with Gasteiger partial charge in [-0.3, -0.25) is 4.79 Å². The third kappa shape index (κ3) is 3.14. The van der Waals surface area contributed by atoms with Crippen LogP contribution in [0, 0.1) is 0 Å². The molecule has 1 amide bonds. The molecule has 0 aliphatic heterocycles. The van der Waals surface area contributed by atoms with Crippen LogP contribution in [0.15, 0.2) is 23.0 Å². The van der Waals surface area contributed by atoms with Gasteiger partial charge in [-0.15, -0.1) is 0 Å². The van der Waals surface area contributed by atoms with Crippen LogP contribution < -0.4 is 5.32 Å². The Morgan fingerprint density at radius 3 is 2.91 bits per heavy atom. The fourth-order valence-corrected chi connectivity index (χ4v) is 2.68. The van der Waals surface area contributed by atoms with Crippen molar-refractivity contribution in [2.45, 2.75) is 31.8 Å². The van der Waals surface area contributed by atoms with Crippen molar-refractivity contribution in [2.24, 2.45) is 0 Å². The van der Waals surface area contributed by atoms with Gasteiger partial charge in [0.2, 0.25) is 5.82 Å². The largest absolute Gasteiger partial charge is 0.361 e. The van der Waals surface area contributed by atoms with Crippen molar-refractivity contribution in [1.82, 2.24) is 25.3 Å². The molecular formula is C15H19N5O2. The first-order valence-electron chi connectivity index (χ1n) is 7.32. The van der Waals surface area contributed by atoms with Crippen molar-refractivity contribution in [2.75, 3.05) is 14.1 Å². The van der Waals surface area contributed by atoms with Crippen LogP contribution in [-0.2, 0) is 19.4 Å². The molecule has 1 atom stereocenters. The van der Waals surface area contributed by atoms with Gasteiger partial charge >= 0.3 is 0 Å². The van der Waals surface area contributed by atoms with Crippen molar-refractivity contribution < 1.29 is 9.32 Å². The number of carbonyl (C=O) groups excluding carboxylic acids is 1. The summed E-state index contributed by atoms with van der Waals surface area (Å²) in [5, 5.41) is 7.16. The normalized spacial score (nSPS) is 17.3. The van der Waals surface area contributed by atoms with Gasteiger partial charge in [0, 0.05) is 37.0 Å². The summed E-state index contributed by atoms with van der Waals surface area (Å²) in [6.45, 7) is 0.737. The van der Waals surface area contributed by atoms with Crippen molar-refractivity contribution in [1.29, 1.82) is 0 Å². The Hall–Kier alpha value is -2.28. The highest BCUT2D eigenvalue weighted by Crippen LogP contribution is 2.25. The Bertz CT molecular complexity index is 653. The number of fused-ring (bicyclic) bond motifs is 1. The number of amides is 1. The number of rotatable bonds is 4. The van der Waals surface area contributed by atoms with Crippen LogP contribution >= 0.6 is 0 Å². The molecule has 0 bridgehead atoms. The van der Waals surface area contributed by atoms with Crippen molar-refractivity contribution >= 4 is 5.91 Å². The second-order valence-corrected chi connectivity index (χ2v) is 5.75. The van der Waals surface area contributed by atoms with Crippen LogP contribution in [0.1, 0.15) is 34.1 Å². The average molecular weight is 301 g/mol. The van der Waals surface area contributed by atoms with E-state index in [9.17, 15) is 4.79 Å². The van der Waals surface area contributed by atoms with Gasteiger partial charge in [0.1, 0.15) is 11.5 Å². The maximum absolute atomic E-state index is 12.1. The number of aromatic nitrogens is 3. The molecule has 3 rings (SSSR count). The molecule has 0 saturated carbocycles. The van der Waals surface area contributed by atoms with Crippen molar-refractivity contribution in [3.05, 3.63) is 41.3 Å². The van der Waals surface area contributed by atoms with Crippen molar-refractivity contribution in [3.8, 4) is 0 Å². The molecule has 1 N–H and O–H groups in total. The second-order valence-electron chi connectivity index (χ2n) is 5.75. The Morgan fingerprint density at radius 1 is 1.41 bits per heavy atom. The maximum Gasteiger partial charge on any atom is 0.289 e. The first kappa shape index (κ1) is 14.6.